The molecule has 7 heteroatoms. The number of benzene rings is 2. The second-order valence-electron chi connectivity index (χ2n) is 5.79. The van der Waals surface area contributed by atoms with E-state index in [1.54, 1.807) is 38.3 Å². The standard InChI is InChI=1S/C22H24O7/c1-6-29-22(24)17(11-14-7-9-16(25-2)10-8-14)20(23)15-12-18(26-3)21(28-5)19(13-15)27-4/h7-13H,6H2,1-5H3/b17-11+. The monoisotopic (exact) mass is 400 g/mol. The van der Waals surface area contributed by atoms with E-state index in [1.165, 1.54) is 39.5 Å². The molecule has 0 aliphatic heterocycles. The third-order valence-corrected chi connectivity index (χ3v) is 4.09. The van der Waals surface area contributed by atoms with Gasteiger partial charge >= 0.3 is 5.97 Å². The maximum absolute atomic E-state index is 13.2. The zero-order valence-corrected chi connectivity index (χ0v) is 17.1. The number of ether oxygens (including phenoxy) is 5. The first-order chi connectivity index (χ1) is 14.0. The summed E-state index contributed by atoms with van der Waals surface area (Å²) in [6.45, 7) is 1.81. The van der Waals surface area contributed by atoms with Crippen molar-refractivity contribution in [2.24, 2.45) is 0 Å². The number of hydrogen-bond donors (Lipinski definition) is 0. The van der Waals surface area contributed by atoms with E-state index in [9.17, 15) is 9.59 Å². The van der Waals surface area contributed by atoms with Gasteiger partial charge in [0.15, 0.2) is 11.5 Å². The minimum absolute atomic E-state index is 0.119. The topological polar surface area (TPSA) is 80.3 Å². The van der Waals surface area contributed by atoms with E-state index >= 15 is 0 Å². The lowest BCUT2D eigenvalue weighted by molar-refractivity contribution is -0.137. The van der Waals surface area contributed by atoms with Crippen molar-refractivity contribution in [1.29, 1.82) is 0 Å². The van der Waals surface area contributed by atoms with E-state index in [0.29, 0.717) is 28.6 Å². The molecule has 0 aliphatic carbocycles. The third kappa shape index (κ3) is 5.07. The summed E-state index contributed by atoms with van der Waals surface area (Å²) in [6, 6.07) is 9.92. The first-order valence-corrected chi connectivity index (χ1v) is 8.86. The molecule has 0 bridgehead atoms. The predicted molar refractivity (Wildman–Crippen MR) is 108 cm³/mol. The maximum atomic E-state index is 13.2. The SMILES string of the molecule is CCOC(=O)/C(=C/c1ccc(OC)cc1)C(=O)c1cc(OC)c(OC)c(OC)c1. The summed E-state index contributed by atoms with van der Waals surface area (Å²) < 4.78 is 26.1. The van der Waals surface area contributed by atoms with E-state index in [2.05, 4.69) is 0 Å². The van der Waals surface area contributed by atoms with Crippen molar-refractivity contribution < 1.29 is 33.3 Å². The summed E-state index contributed by atoms with van der Waals surface area (Å²) in [4.78, 5) is 25.7. The summed E-state index contributed by atoms with van der Waals surface area (Å²) in [6.07, 6.45) is 1.48. The first kappa shape index (κ1) is 21.8. The fourth-order valence-electron chi connectivity index (χ4n) is 2.66. The molecule has 7 nitrogen and oxygen atoms in total. The largest absolute Gasteiger partial charge is 0.497 e. The zero-order valence-electron chi connectivity index (χ0n) is 17.1. The van der Waals surface area contributed by atoms with Crippen LogP contribution >= 0.6 is 0 Å². The highest BCUT2D eigenvalue weighted by Gasteiger charge is 2.24. The molecule has 0 saturated carbocycles. The number of rotatable bonds is 9. The summed E-state index contributed by atoms with van der Waals surface area (Å²) in [5, 5.41) is 0. The summed E-state index contributed by atoms with van der Waals surface area (Å²) in [7, 11) is 5.92. The smallest absolute Gasteiger partial charge is 0.342 e. The van der Waals surface area contributed by atoms with Crippen LogP contribution in [0.15, 0.2) is 42.0 Å². The molecule has 0 saturated heterocycles. The van der Waals surface area contributed by atoms with Gasteiger partial charge in [0.2, 0.25) is 11.5 Å². The lowest BCUT2D eigenvalue weighted by atomic mass is 10.00. The number of methoxy groups -OCH3 is 4. The maximum Gasteiger partial charge on any atom is 0.342 e. The van der Waals surface area contributed by atoms with Gasteiger partial charge in [-0.1, -0.05) is 12.1 Å². The van der Waals surface area contributed by atoms with Crippen molar-refractivity contribution in [3.63, 3.8) is 0 Å². The molecule has 29 heavy (non-hydrogen) atoms. The minimum atomic E-state index is -0.720. The molecule has 0 spiro atoms. The van der Waals surface area contributed by atoms with E-state index in [4.69, 9.17) is 23.7 Å². The fraction of sp³-hybridized carbons (Fsp3) is 0.273. The van der Waals surface area contributed by atoms with Crippen molar-refractivity contribution in [2.75, 3.05) is 35.0 Å². The Kier molecular flexibility index (Phi) is 7.65. The molecule has 0 amide bonds. The Morgan fingerprint density at radius 3 is 1.90 bits per heavy atom. The van der Waals surface area contributed by atoms with Crippen LogP contribution < -0.4 is 18.9 Å². The van der Waals surface area contributed by atoms with E-state index in [-0.39, 0.29) is 17.7 Å². The molecule has 0 heterocycles. The van der Waals surface area contributed by atoms with Crippen LogP contribution in [-0.2, 0) is 9.53 Å². The van der Waals surface area contributed by atoms with Gasteiger partial charge in [-0.2, -0.15) is 0 Å². The Hall–Kier alpha value is -3.48. The molecule has 2 aromatic rings. The molecule has 154 valence electrons. The van der Waals surface area contributed by atoms with Gasteiger partial charge in [0.05, 0.1) is 35.0 Å². The molecule has 0 fully saturated rings. The molecular formula is C22H24O7. The van der Waals surface area contributed by atoms with Gasteiger partial charge in [-0.05, 0) is 42.8 Å². The quantitative estimate of drug-likeness (QED) is 0.209. The lowest BCUT2D eigenvalue weighted by Crippen LogP contribution is -2.16. The lowest BCUT2D eigenvalue weighted by Gasteiger charge is -2.14. The molecular weight excluding hydrogens is 376 g/mol. The van der Waals surface area contributed by atoms with E-state index < -0.39 is 11.8 Å². The van der Waals surface area contributed by atoms with Gasteiger partial charge in [0, 0.05) is 5.56 Å². The minimum Gasteiger partial charge on any atom is -0.497 e. The van der Waals surface area contributed by atoms with Gasteiger partial charge in [0.1, 0.15) is 11.3 Å². The average molecular weight is 400 g/mol. The summed E-state index contributed by atoms with van der Waals surface area (Å²) in [5.41, 5.74) is 0.730. The van der Waals surface area contributed by atoms with Gasteiger partial charge < -0.3 is 23.7 Å². The van der Waals surface area contributed by atoms with Crippen LogP contribution in [0.4, 0.5) is 0 Å². The van der Waals surface area contributed by atoms with Crippen molar-refractivity contribution in [3.05, 3.63) is 53.1 Å². The second kappa shape index (κ2) is 10.2. The van der Waals surface area contributed by atoms with Crippen molar-refractivity contribution in [3.8, 4) is 23.0 Å². The van der Waals surface area contributed by atoms with E-state index in [1.807, 2.05) is 0 Å². The second-order valence-corrected chi connectivity index (χ2v) is 5.79. The average Bonchev–Trinajstić information content (AvgIpc) is 2.76. The van der Waals surface area contributed by atoms with Gasteiger partial charge in [-0.3, -0.25) is 4.79 Å². The van der Waals surface area contributed by atoms with Gasteiger partial charge in [0.25, 0.3) is 0 Å². The fourth-order valence-corrected chi connectivity index (χ4v) is 2.66. The Bertz CT molecular complexity index is 873. The Morgan fingerprint density at radius 2 is 1.45 bits per heavy atom. The Labute approximate surface area is 169 Å². The number of carbonyl (C=O) groups excluding carboxylic acids is 2. The Balaban J connectivity index is 2.54. The highest BCUT2D eigenvalue weighted by molar-refractivity contribution is 6.27. The summed E-state index contributed by atoms with van der Waals surface area (Å²) >= 11 is 0. The van der Waals surface area contributed by atoms with Crippen LogP contribution in [0.3, 0.4) is 0 Å². The molecule has 2 rings (SSSR count). The van der Waals surface area contributed by atoms with Crippen molar-refractivity contribution >= 4 is 17.8 Å². The number of hydrogen-bond acceptors (Lipinski definition) is 7. The van der Waals surface area contributed by atoms with Crippen LogP contribution in [0, 0.1) is 0 Å². The van der Waals surface area contributed by atoms with Crippen LogP contribution in [0.5, 0.6) is 23.0 Å². The Morgan fingerprint density at radius 1 is 0.862 bits per heavy atom. The number of Topliss-reactive ketones (excluding diaryl/α,β-unsaturated/α-hetero) is 1. The number of carbonyl (C=O) groups is 2. The highest BCUT2D eigenvalue weighted by Crippen LogP contribution is 2.38. The molecule has 0 aliphatic rings. The van der Waals surface area contributed by atoms with Crippen LogP contribution in [0.2, 0.25) is 0 Å². The molecule has 0 unspecified atom stereocenters. The van der Waals surface area contributed by atoms with Crippen LogP contribution in [0.25, 0.3) is 6.08 Å². The van der Waals surface area contributed by atoms with Crippen LogP contribution in [-0.4, -0.2) is 46.8 Å². The predicted octanol–water partition coefficient (Wildman–Crippen LogP) is 3.55. The van der Waals surface area contributed by atoms with Crippen LogP contribution in [0.1, 0.15) is 22.8 Å². The van der Waals surface area contributed by atoms with E-state index in [0.717, 1.165) is 0 Å². The zero-order chi connectivity index (χ0) is 21.4. The van der Waals surface area contributed by atoms with Gasteiger partial charge in [-0.15, -0.1) is 0 Å². The number of ketones is 1. The highest BCUT2D eigenvalue weighted by atomic mass is 16.5. The van der Waals surface area contributed by atoms with Crippen molar-refractivity contribution in [1.82, 2.24) is 0 Å². The number of esters is 1. The van der Waals surface area contributed by atoms with Crippen molar-refractivity contribution in [2.45, 2.75) is 6.92 Å². The molecule has 0 aromatic heterocycles. The summed E-state index contributed by atoms with van der Waals surface area (Å²) in [5.74, 6) is 0.380. The molecule has 0 N–H and O–H groups in total. The third-order valence-electron chi connectivity index (χ3n) is 4.09. The normalized spacial score (nSPS) is 10.9. The first-order valence-electron chi connectivity index (χ1n) is 8.86. The molecule has 0 atom stereocenters. The molecule has 2 aromatic carbocycles. The molecule has 0 radical (unpaired) electrons. The van der Waals surface area contributed by atoms with Gasteiger partial charge in [-0.25, -0.2) is 4.79 Å².